The highest BCUT2D eigenvalue weighted by atomic mass is 32.2. The molecule has 3 rings (SSSR count). The van der Waals surface area contributed by atoms with Gasteiger partial charge in [-0.05, 0) is 65.7 Å². The molecule has 8 heteroatoms. The van der Waals surface area contributed by atoms with Crippen LogP contribution < -0.4 is 5.32 Å². The number of rotatable bonds is 5. The van der Waals surface area contributed by atoms with Gasteiger partial charge in [-0.1, -0.05) is 23.9 Å². The maximum atomic E-state index is 12.2. The van der Waals surface area contributed by atoms with Gasteiger partial charge in [0.2, 0.25) is 11.1 Å². The second kappa shape index (κ2) is 7.35. The maximum Gasteiger partial charge on any atom is 0.234 e. The monoisotopic (exact) mass is 355 g/mol. The van der Waals surface area contributed by atoms with Gasteiger partial charge in [0.15, 0.2) is 0 Å². The predicted molar refractivity (Wildman–Crippen MR) is 96.1 cm³/mol. The number of anilines is 1. The van der Waals surface area contributed by atoms with Gasteiger partial charge in [0.05, 0.1) is 11.4 Å². The molecule has 1 amide bonds. The molecule has 0 aliphatic rings. The Hall–Kier alpha value is -2.87. The van der Waals surface area contributed by atoms with Crippen molar-refractivity contribution in [3.8, 4) is 11.4 Å². The lowest BCUT2D eigenvalue weighted by atomic mass is 10.1. The molecule has 0 bridgehead atoms. The fourth-order valence-electron chi connectivity index (χ4n) is 2.21. The normalized spacial score (nSPS) is 10.6. The second-order valence-corrected chi connectivity index (χ2v) is 6.49. The average molecular weight is 355 g/mol. The zero-order valence-corrected chi connectivity index (χ0v) is 14.6. The first-order chi connectivity index (χ1) is 12.0. The quantitative estimate of drug-likeness (QED) is 0.684. The van der Waals surface area contributed by atoms with Gasteiger partial charge < -0.3 is 10.4 Å². The summed E-state index contributed by atoms with van der Waals surface area (Å²) in [6, 6.07) is 12.4. The van der Waals surface area contributed by atoms with Gasteiger partial charge in [-0.25, -0.2) is 0 Å². The van der Waals surface area contributed by atoms with E-state index in [1.165, 1.54) is 16.4 Å². The molecule has 0 atom stereocenters. The number of aromatic hydroxyl groups is 1. The number of tetrazole rings is 1. The number of phenols is 1. The van der Waals surface area contributed by atoms with E-state index in [-0.39, 0.29) is 17.4 Å². The number of aromatic nitrogens is 4. The number of nitrogens with one attached hydrogen (secondary N) is 1. The minimum Gasteiger partial charge on any atom is -0.508 e. The molecule has 0 unspecified atom stereocenters. The molecule has 25 heavy (non-hydrogen) atoms. The van der Waals surface area contributed by atoms with Crippen LogP contribution in [0.1, 0.15) is 11.1 Å². The lowest BCUT2D eigenvalue weighted by molar-refractivity contribution is -0.113. The number of carbonyl (C=O) groups is 1. The lowest BCUT2D eigenvalue weighted by Crippen LogP contribution is -2.15. The molecule has 3 aromatic rings. The highest BCUT2D eigenvalue weighted by Gasteiger charge is 2.12. The molecule has 0 saturated carbocycles. The average Bonchev–Trinajstić information content (AvgIpc) is 3.05. The van der Waals surface area contributed by atoms with Gasteiger partial charge in [0.25, 0.3) is 0 Å². The number of aryl methyl sites for hydroxylation is 2. The molecule has 0 aliphatic heterocycles. The molecule has 0 aliphatic carbocycles. The molecule has 0 spiro atoms. The standard InChI is InChI=1S/C17H17N5O2S/c1-11-3-4-12(2)15(9-11)18-16(24)10-25-17-19-20-21-22(17)13-5-7-14(23)8-6-13/h3-9,23H,10H2,1-2H3,(H,18,24). The first-order valence-electron chi connectivity index (χ1n) is 7.60. The van der Waals surface area contributed by atoms with Crippen LogP contribution in [0.4, 0.5) is 5.69 Å². The van der Waals surface area contributed by atoms with Crippen LogP contribution in [0.3, 0.4) is 0 Å². The van der Waals surface area contributed by atoms with Crippen LogP contribution in [0.15, 0.2) is 47.6 Å². The van der Waals surface area contributed by atoms with Crippen molar-refractivity contribution in [2.24, 2.45) is 0 Å². The fourth-order valence-corrected chi connectivity index (χ4v) is 2.90. The second-order valence-electron chi connectivity index (χ2n) is 5.54. The molecular weight excluding hydrogens is 338 g/mol. The summed E-state index contributed by atoms with van der Waals surface area (Å²) in [5.41, 5.74) is 3.62. The summed E-state index contributed by atoms with van der Waals surface area (Å²) in [4.78, 5) is 12.2. The van der Waals surface area contributed by atoms with Crippen LogP contribution in [0, 0.1) is 13.8 Å². The van der Waals surface area contributed by atoms with E-state index in [0.717, 1.165) is 16.8 Å². The molecule has 0 fully saturated rings. The summed E-state index contributed by atoms with van der Waals surface area (Å²) in [6.45, 7) is 3.93. The number of benzene rings is 2. The van der Waals surface area contributed by atoms with Crippen LogP contribution >= 0.6 is 11.8 Å². The van der Waals surface area contributed by atoms with E-state index in [1.54, 1.807) is 24.3 Å². The molecule has 0 radical (unpaired) electrons. The van der Waals surface area contributed by atoms with Crippen molar-refractivity contribution in [2.75, 3.05) is 11.1 Å². The van der Waals surface area contributed by atoms with Crippen molar-refractivity contribution < 1.29 is 9.90 Å². The zero-order chi connectivity index (χ0) is 17.8. The van der Waals surface area contributed by atoms with E-state index in [1.807, 2.05) is 32.0 Å². The molecule has 1 aromatic heterocycles. The highest BCUT2D eigenvalue weighted by Crippen LogP contribution is 2.21. The first-order valence-corrected chi connectivity index (χ1v) is 8.59. The number of phenolic OH excluding ortho intramolecular Hbond substituents is 1. The summed E-state index contributed by atoms with van der Waals surface area (Å²) in [5.74, 6) is 0.226. The van der Waals surface area contributed by atoms with Crippen LogP contribution in [0.2, 0.25) is 0 Å². The number of hydrogen-bond acceptors (Lipinski definition) is 6. The molecular formula is C17H17N5O2S. The Labute approximate surface area is 149 Å². The van der Waals surface area contributed by atoms with Gasteiger partial charge in [-0.2, -0.15) is 4.68 Å². The van der Waals surface area contributed by atoms with Crippen LogP contribution in [0.5, 0.6) is 5.75 Å². The number of nitrogens with zero attached hydrogens (tertiary/aromatic N) is 4. The van der Waals surface area contributed by atoms with Gasteiger partial charge in [0.1, 0.15) is 5.75 Å². The minimum atomic E-state index is -0.126. The third-order valence-electron chi connectivity index (χ3n) is 3.53. The SMILES string of the molecule is Cc1ccc(C)c(NC(=O)CSc2nnnn2-c2ccc(O)cc2)c1. The Morgan fingerprint density at radius 1 is 1.20 bits per heavy atom. The molecule has 2 aromatic carbocycles. The Bertz CT molecular complexity index is 892. The molecule has 2 N–H and O–H groups in total. The topological polar surface area (TPSA) is 92.9 Å². The van der Waals surface area contributed by atoms with Gasteiger partial charge in [-0.15, -0.1) is 5.10 Å². The van der Waals surface area contributed by atoms with Crippen molar-refractivity contribution in [1.82, 2.24) is 20.2 Å². The van der Waals surface area contributed by atoms with Crippen molar-refractivity contribution in [3.63, 3.8) is 0 Å². The molecule has 7 nitrogen and oxygen atoms in total. The largest absolute Gasteiger partial charge is 0.508 e. The van der Waals surface area contributed by atoms with Crippen molar-refractivity contribution in [1.29, 1.82) is 0 Å². The van der Waals surface area contributed by atoms with E-state index >= 15 is 0 Å². The van der Waals surface area contributed by atoms with Crippen LogP contribution in [0.25, 0.3) is 5.69 Å². The summed E-state index contributed by atoms with van der Waals surface area (Å²) in [6.07, 6.45) is 0. The van der Waals surface area contributed by atoms with Crippen LogP contribution in [-0.4, -0.2) is 37.0 Å². The number of carbonyl (C=O) groups excluding carboxylic acids is 1. The smallest absolute Gasteiger partial charge is 0.234 e. The Kier molecular flexibility index (Phi) is 4.99. The zero-order valence-electron chi connectivity index (χ0n) is 13.8. The number of hydrogen-bond donors (Lipinski definition) is 2. The summed E-state index contributed by atoms with van der Waals surface area (Å²) in [7, 11) is 0. The maximum absolute atomic E-state index is 12.2. The van der Waals surface area contributed by atoms with Crippen molar-refractivity contribution >= 4 is 23.4 Å². The third-order valence-corrected chi connectivity index (χ3v) is 4.45. The van der Waals surface area contributed by atoms with E-state index in [4.69, 9.17) is 0 Å². The minimum absolute atomic E-state index is 0.126. The first kappa shape index (κ1) is 17.0. The third kappa shape index (κ3) is 4.16. The van der Waals surface area contributed by atoms with Crippen molar-refractivity contribution in [3.05, 3.63) is 53.6 Å². The fraction of sp³-hybridized carbons (Fsp3) is 0.176. The summed E-state index contributed by atoms with van der Waals surface area (Å²) < 4.78 is 1.52. The summed E-state index contributed by atoms with van der Waals surface area (Å²) >= 11 is 1.24. The van der Waals surface area contributed by atoms with Crippen LogP contribution in [-0.2, 0) is 4.79 Å². The van der Waals surface area contributed by atoms with E-state index in [9.17, 15) is 9.90 Å². The number of amides is 1. The van der Waals surface area contributed by atoms with Gasteiger partial charge >= 0.3 is 0 Å². The Morgan fingerprint density at radius 2 is 1.96 bits per heavy atom. The molecule has 1 heterocycles. The Balaban J connectivity index is 1.66. The van der Waals surface area contributed by atoms with E-state index in [2.05, 4.69) is 20.8 Å². The Morgan fingerprint density at radius 3 is 2.72 bits per heavy atom. The highest BCUT2D eigenvalue weighted by molar-refractivity contribution is 7.99. The van der Waals surface area contributed by atoms with Gasteiger partial charge in [-0.3, -0.25) is 4.79 Å². The molecule has 0 saturated heterocycles. The predicted octanol–water partition coefficient (Wildman–Crippen LogP) is 2.72. The van der Waals surface area contributed by atoms with E-state index < -0.39 is 0 Å². The van der Waals surface area contributed by atoms with E-state index in [0.29, 0.717) is 10.8 Å². The number of thioether (sulfide) groups is 1. The van der Waals surface area contributed by atoms with Gasteiger partial charge in [0, 0.05) is 5.69 Å². The summed E-state index contributed by atoms with van der Waals surface area (Å²) in [5, 5.41) is 24.3. The lowest BCUT2D eigenvalue weighted by Gasteiger charge is -2.09. The molecule has 128 valence electrons. The van der Waals surface area contributed by atoms with Crippen molar-refractivity contribution in [2.45, 2.75) is 19.0 Å².